The minimum Gasteiger partial charge on any atom is -0.464 e. The van der Waals surface area contributed by atoms with E-state index in [1.54, 1.807) is 18.4 Å². The summed E-state index contributed by atoms with van der Waals surface area (Å²) in [7, 11) is 0.103. The van der Waals surface area contributed by atoms with Gasteiger partial charge in [0.2, 0.25) is 5.69 Å². The van der Waals surface area contributed by atoms with Crippen molar-refractivity contribution in [2.75, 3.05) is 13.4 Å². The molecule has 30 heavy (non-hydrogen) atoms. The van der Waals surface area contributed by atoms with Crippen LogP contribution in [0.5, 0.6) is 0 Å². The smallest absolute Gasteiger partial charge is 0.361 e. The van der Waals surface area contributed by atoms with Crippen molar-refractivity contribution in [3.05, 3.63) is 82.2 Å². The van der Waals surface area contributed by atoms with Crippen LogP contribution in [0.15, 0.2) is 57.9 Å². The minimum absolute atomic E-state index is 0.0886. The topological polar surface area (TPSA) is 86.5 Å². The highest BCUT2D eigenvalue weighted by molar-refractivity contribution is 7.84. The van der Waals surface area contributed by atoms with Gasteiger partial charge >= 0.3 is 5.97 Å². The van der Waals surface area contributed by atoms with Crippen LogP contribution in [0.2, 0.25) is 0 Å². The van der Waals surface area contributed by atoms with E-state index in [0.717, 1.165) is 28.9 Å². The first-order valence-corrected chi connectivity index (χ1v) is 11.2. The molecule has 1 heterocycles. The minimum atomic E-state index is -1.14. The zero-order chi connectivity index (χ0) is 21.3. The number of methoxy groups -OCH3 is 1. The molecule has 2 aromatic carbocycles. The fraction of sp³-hybridized carbons (Fsp3) is 0.261. The fourth-order valence-electron chi connectivity index (χ4n) is 3.55. The predicted molar refractivity (Wildman–Crippen MR) is 111 cm³/mol. The number of benzene rings is 2. The zero-order valence-electron chi connectivity index (χ0n) is 16.7. The van der Waals surface area contributed by atoms with Crippen molar-refractivity contribution in [3.8, 4) is 0 Å². The van der Waals surface area contributed by atoms with Gasteiger partial charge in [0.15, 0.2) is 11.5 Å². The number of hydrogen-bond acceptors (Lipinski definition) is 6. The van der Waals surface area contributed by atoms with Gasteiger partial charge < -0.3 is 9.26 Å². The molecule has 4 rings (SSSR count). The van der Waals surface area contributed by atoms with Gasteiger partial charge in [-0.25, -0.2) is 4.79 Å². The highest BCUT2D eigenvalue weighted by atomic mass is 32.2. The zero-order valence-corrected chi connectivity index (χ0v) is 17.5. The number of aromatic nitrogens is 1. The second kappa shape index (κ2) is 8.36. The van der Waals surface area contributed by atoms with Crippen LogP contribution in [0.4, 0.5) is 0 Å². The van der Waals surface area contributed by atoms with Crippen LogP contribution in [0.1, 0.15) is 62.1 Å². The molecule has 6 nitrogen and oxygen atoms in total. The summed E-state index contributed by atoms with van der Waals surface area (Å²) in [6.45, 7) is 0. The molecular formula is C23H21NO5S. The van der Waals surface area contributed by atoms with E-state index >= 15 is 0 Å². The van der Waals surface area contributed by atoms with Crippen molar-refractivity contribution in [2.45, 2.75) is 30.1 Å². The second-order valence-electron chi connectivity index (χ2n) is 7.26. The Bertz CT molecular complexity index is 1150. The fourth-order valence-corrected chi connectivity index (χ4v) is 4.33. The van der Waals surface area contributed by atoms with Gasteiger partial charge in [-0.05, 0) is 36.5 Å². The van der Waals surface area contributed by atoms with E-state index in [1.165, 1.54) is 7.11 Å². The lowest BCUT2D eigenvalue weighted by atomic mass is 9.92. The van der Waals surface area contributed by atoms with E-state index in [1.807, 2.05) is 36.4 Å². The molecule has 154 valence electrons. The van der Waals surface area contributed by atoms with E-state index in [2.05, 4.69) is 5.16 Å². The van der Waals surface area contributed by atoms with Crippen molar-refractivity contribution < 1.29 is 23.1 Å². The number of ether oxygens (including phenoxy) is 1. The standard InChI is InChI=1S/C23H21NO5S/c1-28-23(26)20-19(22(29-24-20)14-11-12-14)21(25)17-9-5-3-7-15(17)13-16-8-4-6-10-18(16)30(2)27/h3-10,14H,11-13H2,1-2H3. The molecule has 1 aliphatic rings. The maximum atomic E-state index is 13.6. The Balaban J connectivity index is 1.77. The lowest BCUT2D eigenvalue weighted by Gasteiger charge is -2.11. The van der Waals surface area contributed by atoms with E-state index in [-0.39, 0.29) is 23.0 Å². The first-order chi connectivity index (χ1) is 14.5. The van der Waals surface area contributed by atoms with Gasteiger partial charge in [0.05, 0.1) is 17.9 Å². The highest BCUT2D eigenvalue weighted by Gasteiger charge is 2.37. The molecule has 1 fully saturated rings. The maximum Gasteiger partial charge on any atom is 0.361 e. The van der Waals surface area contributed by atoms with Crippen LogP contribution in [0.3, 0.4) is 0 Å². The number of hydrogen-bond donors (Lipinski definition) is 0. The molecule has 0 N–H and O–H groups in total. The van der Waals surface area contributed by atoms with E-state index < -0.39 is 16.8 Å². The SMILES string of the molecule is COC(=O)c1noc(C2CC2)c1C(=O)c1ccccc1Cc1ccccc1S(C)=O. The van der Waals surface area contributed by atoms with Crippen molar-refractivity contribution in [2.24, 2.45) is 0 Å². The molecule has 0 saturated heterocycles. The molecular weight excluding hydrogens is 402 g/mol. The molecule has 1 atom stereocenters. The Kier molecular flexibility index (Phi) is 5.63. The molecule has 1 saturated carbocycles. The number of esters is 1. The van der Waals surface area contributed by atoms with E-state index in [9.17, 15) is 13.8 Å². The van der Waals surface area contributed by atoms with Crippen molar-refractivity contribution in [1.29, 1.82) is 0 Å². The lowest BCUT2D eigenvalue weighted by molar-refractivity contribution is 0.0586. The Morgan fingerprint density at radius 1 is 1.10 bits per heavy atom. The molecule has 0 aliphatic heterocycles. The lowest BCUT2D eigenvalue weighted by Crippen LogP contribution is -2.13. The van der Waals surface area contributed by atoms with Crippen LogP contribution in [-0.2, 0) is 22.0 Å². The molecule has 0 radical (unpaired) electrons. The van der Waals surface area contributed by atoms with Crippen LogP contribution in [-0.4, -0.2) is 34.5 Å². The third-order valence-electron chi connectivity index (χ3n) is 5.20. The summed E-state index contributed by atoms with van der Waals surface area (Å²) in [5.41, 5.74) is 2.22. The Hall–Kier alpha value is -3.06. The largest absolute Gasteiger partial charge is 0.464 e. The first-order valence-electron chi connectivity index (χ1n) is 9.63. The Labute approximate surface area is 176 Å². The third kappa shape index (κ3) is 3.85. The number of carbonyl (C=O) groups is 2. The average molecular weight is 423 g/mol. The summed E-state index contributed by atoms with van der Waals surface area (Å²) in [5.74, 6) is -0.460. The normalized spacial score (nSPS) is 14.3. The van der Waals surface area contributed by atoms with Crippen molar-refractivity contribution in [1.82, 2.24) is 5.16 Å². The van der Waals surface area contributed by atoms with E-state index in [0.29, 0.717) is 17.7 Å². The molecule has 3 aromatic rings. The number of nitrogens with zero attached hydrogens (tertiary/aromatic N) is 1. The Morgan fingerprint density at radius 2 is 1.77 bits per heavy atom. The maximum absolute atomic E-state index is 13.6. The quantitative estimate of drug-likeness (QED) is 0.423. The summed E-state index contributed by atoms with van der Waals surface area (Å²) in [6, 6.07) is 14.7. The monoisotopic (exact) mass is 423 g/mol. The van der Waals surface area contributed by atoms with Gasteiger partial charge in [0.25, 0.3) is 0 Å². The van der Waals surface area contributed by atoms with Crippen LogP contribution >= 0.6 is 0 Å². The first kappa shape index (κ1) is 20.2. The predicted octanol–water partition coefficient (Wildman–Crippen LogP) is 3.90. The molecule has 1 unspecified atom stereocenters. The van der Waals surface area contributed by atoms with Gasteiger partial charge in [0.1, 0.15) is 5.56 Å². The third-order valence-corrected chi connectivity index (χ3v) is 6.22. The highest BCUT2D eigenvalue weighted by Crippen LogP contribution is 2.43. The molecule has 1 aliphatic carbocycles. The van der Waals surface area contributed by atoms with Crippen LogP contribution in [0, 0.1) is 0 Å². The molecule has 0 amide bonds. The summed E-state index contributed by atoms with van der Waals surface area (Å²) < 4.78 is 22.3. The van der Waals surface area contributed by atoms with E-state index in [4.69, 9.17) is 9.26 Å². The molecule has 7 heteroatoms. The van der Waals surface area contributed by atoms with Crippen LogP contribution in [0.25, 0.3) is 0 Å². The van der Waals surface area contributed by atoms with Crippen LogP contribution < -0.4 is 0 Å². The van der Waals surface area contributed by atoms with Crippen molar-refractivity contribution >= 4 is 22.6 Å². The molecule has 0 spiro atoms. The average Bonchev–Trinajstić information content (AvgIpc) is 3.51. The summed E-state index contributed by atoms with van der Waals surface area (Å²) >= 11 is 0. The van der Waals surface area contributed by atoms with Gasteiger partial charge in [-0.2, -0.15) is 0 Å². The van der Waals surface area contributed by atoms with Gasteiger partial charge in [-0.15, -0.1) is 0 Å². The number of rotatable bonds is 7. The van der Waals surface area contributed by atoms with Gasteiger partial charge in [0, 0.05) is 22.6 Å². The van der Waals surface area contributed by atoms with Gasteiger partial charge in [-0.1, -0.05) is 47.6 Å². The summed E-state index contributed by atoms with van der Waals surface area (Å²) in [5, 5.41) is 3.84. The number of ketones is 1. The molecule has 0 bridgehead atoms. The second-order valence-corrected chi connectivity index (χ2v) is 8.61. The summed E-state index contributed by atoms with van der Waals surface area (Å²) in [6.07, 6.45) is 3.87. The number of carbonyl (C=O) groups excluding carboxylic acids is 2. The summed E-state index contributed by atoms with van der Waals surface area (Å²) in [4.78, 5) is 26.5. The molecule has 1 aromatic heterocycles. The van der Waals surface area contributed by atoms with Crippen molar-refractivity contribution in [3.63, 3.8) is 0 Å². The Morgan fingerprint density at radius 3 is 2.43 bits per heavy atom. The van der Waals surface area contributed by atoms with Gasteiger partial charge in [-0.3, -0.25) is 9.00 Å².